The van der Waals surface area contributed by atoms with E-state index in [1.807, 2.05) is 19.1 Å². The van der Waals surface area contributed by atoms with Gasteiger partial charge in [-0.2, -0.15) is 0 Å². The third-order valence-corrected chi connectivity index (χ3v) is 4.09. The Morgan fingerprint density at radius 1 is 1.42 bits per heavy atom. The molecule has 1 amide bonds. The zero-order valence-corrected chi connectivity index (χ0v) is 14.4. The Morgan fingerprint density at radius 2 is 2.12 bits per heavy atom. The van der Waals surface area contributed by atoms with Gasteiger partial charge in [0.1, 0.15) is 6.04 Å². The number of nitrogens with one attached hydrogen (secondary N) is 2. The number of aliphatic carboxylic acids is 1. The first-order chi connectivity index (χ1) is 11.4. The van der Waals surface area contributed by atoms with Crippen LogP contribution in [0.1, 0.15) is 26.7 Å². The van der Waals surface area contributed by atoms with E-state index < -0.39 is 12.0 Å². The lowest BCUT2D eigenvalue weighted by molar-refractivity contribution is -0.139. The van der Waals surface area contributed by atoms with Crippen molar-refractivity contribution in [3.63, 3.8) is 0 Å². The number of carboxylic acids is 1. The van der Waals surface area contributed by atoms with Crippen LogP contribution in [0.5, 0.6) is 0 Å². The van der Waals surface area contributed by atoms with Crippen molar-refractivity contribution in [3.05, 3.63) is 37.5 Å². The Balaban J connectivity index is 3.09. The number of hydrogen-bond donors (Lipinski definition) is 3. The standard InChI is InChI=1S/C18H28N2O4/c1-5-8-13-11-14(18(22)23)20-16(13)17(19-12(4)21)15(9-6-2)24-10-7-3/h5-8,13-17,20H,2-3,9-11H2,1,4H3,(H,19,21)(H,22,23)/b8-5-/t13-,14-,15+,16-,17+/m1/s1. The van der Waals surface area contributed by atoms with Crippen molar-refractivity contribution in [1.29, 1.82) is 0 Å². The van der Waals surface area contributed by atoms with E-state index >= 15 is 0 Å². The molecule has 0 unspecified atom stereocenters. The minimum absolute atomic E-state index is 0.00686. The van der Waals surface area contributed by atoms with Gasteiger partial charge in [-0.05, 0) is 25.7 Å². The van der Waals surface area contributed by atoms with Gasteiger partial charge in [-0.3, -0.25) is 14.9 Å². The molecule has 1 saturated heterocycles. The molecule has 3 N–H and O–H groups in total. The van der Waals surface area contributed by atoms with Gasteiger partial charge in [0, 0.05) is 13.0 Å². The van der Waals surface area contributed by atoms with Crippen LogP contribution in [-0.4, -0.2) is 47.8 Å². The lowest BCUT2D eigenvalue weighted by Gasteiger charge is -2.34. The molecule has 0 aromatic heterocycles. The maximum Gasteiger partial charge on any atom is 0.320 e. The molecule has 0 saturated carbocycles. The molecule has 0 aromatic rings. The summed E-state index contributed by atoms with van der Waals surface area (Å²) in [5, 5.41) is 15.4. The molecule has 134 valence electrons. The van der Waals surface area contributed by atoms with Crippen LogP contribution in [0.15, 0.2) is 37.5 Å². The van der Waals surface area contributed by atoms with Gasteiger partial charge in [-0.15, -0.1) is 13.2 Å². The number of carbonyl (C=O) groups is 2. The number of amides is 1. The maximum atomic E-state index is 11.7. The van der Waals surface area contributed by atoms with Crippen molar-refractivity contribution in [2.45, 2.75) is 50.9 Å². The van der Waals surface area contributed by atoms with Crippen LogP contribution in [0.2, 0.25) is 0 Å². The molecule has 5 atom stereocenters. The molecule has 6 nitrogen and oxygen atoms in total. The molecule has 1 aliphatic heterocycles. The molecule has 0 aliphatic carbocycles. The van der Waals surface area contributed by atoms with Gasteiger partial charge in [0.25, 0.3) is 0 Å². The lowest BCUT2D eigenvalue weighted by atomic mass is 9.89. The Morgan fingerprint density at radius 3 is 2.62 bits per heavy atom. The molecule has 0 spiro atoms. The number of hydrogen-bond acceptors (Lipinski definition) is 4. The molecule has 1 rings (SSSR count). The quantitative estimate of drug-likeness (QED) is 0.528. The van der Waals surface area contributed by atoms with Crippen molar-refractivity contribution in [3.8, 4) is 0 Å². The zero-order chi connectivity index (χ0) is 18.1. The predicted octanol–water partition coefficient (Wildman–Crippen LogP) is 1.65. The third kappa shape index (κ3) is 5.62. The fourth-order valence-corrected chi connectivity index (χ4v) is 3.15. The minimum Gasteiger partial charge on any atom is -0.480 e. The van der Waals surface area contributed by atoms with Gasteiger partial charge < -0.3 is 15.2 Å². The number of carboxylic acid groups (broad SMARTS) is 1. The van der Waals surface area contributed by atoms with Gasteiger partial charge >= 0.3 is 5.97 Å². The molecular formula is C18H28N2O4. The number of allylic oxidation sites excluding steroid dienone is 1. The molecular weight excluding hydrogens is 308 g/mol. The first-order valence-electron chi connectivity index (χ1n) is 8.16. The highest BCUT2D eigenvalue weighted by Crippen LogP contribution is 2.27. The van der Waals surface area contributed by atoms with Gasteiger partial charge in [-0.1, -0.05) is 24.3 Å². The Bertz CT molecular complexity index is 489. The number of rotatable bonds is 10. The summed E-state index contributed by atoms with van der Waals surface area (Å²) >= 11 is 0. The van der Waals surface area contributed by atoms with E-state index in [1.165, 1.54) is 6.92 Å². The fourth-order valence-electron chi connectivity index (χ4n) is 3.15. The van der Waals surface area contributed by atoms with Crippen molar-refractivity contribution in [2.24, 2.45) is 5.92 Å². The van der Waals surface area contributed by atoms with Crippen molar-refractivity contribution < 1.29 is 19.4 Å². The summed E-state index contributed by atoms with van der Waals surface area (Å²) in [6, 6.07) is -1.25. The molecule has 0 bridgehead atoms. The second-order valence-electron chi connectivity index (χ2n) is 5.92. The van der Waals surface area contributed by atoms with Crippen LogP contribution in [0.4, 0.5) is 0 Å². The van der Waals surface area contributed by atoms with E-state index in [9.17, 15) is 14.7 Å². The topological polar surface area (TPSA) is 87.7 Å². The smallest absolute Gasteiger partial charge is 0.320 e. The fraction of sp³-hybridized carbons (Fsp3) is 0.556. The van der Waals surface area contributed by atoms with E-state index in [0.717, 1.165) is 0 Å². The SMILES string of the molecule is C=CCO[C@@H](CC=C)[C@H](NC(C)=O)[C@@H]1N[C@@H](C(=O)O)C[C@H]1/C=C\C. The van der Waals surface area contributed by atoms with Crippen molar-refractivity contribution in [2.75, 3.05) is 6.61 Å². The van der Waals surface area contributed by atoms with Crippen LogP contribution in [0, 0.1) is 5.92 Å². The summed E-state index contributed by atoms with van der Waals surface area (Å²) in [6.45, 7) is 11.1. The molecule has 1 fully saturated rings. The van der Waals surface area contributed by atoms with Gasteiger partial charge in [0.05, 0.1) is 18.8 Å². The molecule has 24 heavy (non-hydrogen) atoms. The summed E-state index contributed by atoms with van der Waals surface area (Å²) < 4.78 is 5.81. The number of carbonyl (C=O) groups excluding carboxylic acids is 1. The normalized spacial score (nSPS) is 26.0. The monoisotopic (exact) mass is 336 g/mol. The van der Waals surface area contributed by atoms with Crippen molar-refractivity contribution >= 4 is 11.9 Å². The highest BCUT2D eigenvalue weighted by atomic mass is 16.5. The highest BCUT2D eigenvalue weighted by molar-refractivity contribution is 5.75. The van der Waals surface area contributed by atoms with Gasteiger partial charge in [0.15, 0.2) is 0 Å². The van der Waals surface area contributed by atoms with E-state index in [2.05, 4.69) is 23.8 Å². The highest BCUT2D eigenvalue weighted by Gasteiger charge is 2.43. The van der Waals surface area contributed by atoms with Crippen LogP contribution in [0.3, 0.4) is 0 Å². The molecule has 0 aromatic carbocycles. The van der Waals surface area contributed by atoms with E-state index in [1.54, 1.807) is 12.2 Å². The zero-order valence-electron chi connectivity index (χ0n) is 14.4. The van der Waals surface area contributed by atoms with Crippen LogP contribution in [0.25, 0.3) is 0 Å². The lowest BCUT2D eigenvalue weighted by Crippen LogP contribution is -2.57. The van der Waals surface area contributed by atoms with E-state index in [0.29, 0.717) is 19.4 Å². The molecule has 6 heteroatoms. The van der Waals surface area contributed by atoms with E-state index in [-0.39, 0.29) is 30.0 Å². The summed E-state index contributed by atoms with van der Waals surface area (Å²) in [6.07, 6.45) is 7.96. The second kappa shape index (κ2) is 10.1. The molecule has 1 aliphatic rings. The second-order valence-corrected chi connectivity index (χ2v) is 5.92. The molecule has 0 radical (unpaired) electrons. The van der Waals surface area contributed by atoms with Gasteiger partial charge in [0.2, 0.25) is 5.91 Å². The van der Waals surface area contributed by atoms with Crippen molar-refractivity contribution in [1.82, 2.24) is 10.6 Å². The summed E-state index contributed by atoms with van der Waals surface area (Å²) in [5.41, 5.74) is 0. The Kier molecular flexibility index (Phi) is 8.43. The van der Waals surface area contributed by atoms with E-state index in [4.69, 9.17) is 4.74 Å². The Hall–Kier alpha value is -1.92. The minimum atomic E-state index is -0.888. The average molecular weight is 336 g/mol. The summed E-state index contributed by atoms with van der Waals surface area (Å²) in [4.78, 5) is 23.1. The van der Waals surface area contributed by atoms with Gasteiger partial charge in [-0.25, -0.2) is 0 Å². The summed E-state index contributed by atoms with van der Waals surface area (Å²) in [7, 11) is 0. The number of ether oxygens (including phenoxy) is 1. The van der Waals surface area contributed by atoms with Crippen LogP contribution >= 0.6 is 0 Å². The first-order valence-corrected chi connectivity index (χ1v) is 8.16. The predicted molar refractivity (Wildman–Crippen MR) is 93.6 cm³/mol. The van der Waals surface area contributed by atoms with Crippen LogP contribution < -0.4 is 10.6 Å². The largest absolute Gasteiger partial charge is 0.480 e. The third-order valence-electron chi connectivity index (χ3n) is 4.09. The van der Waals surface area contributed by atoms with Crippen LogP contribution in [-0.2, 0) is 14.3 Å². The Labute approximate surface area is 143 Å². The maximum absolute atomic E-state index is 11.7. The summed E-state index contributed by atoms with van der Waals surface area (Å²) in [5.74, 6) is -1.08. The first kappa shape index (κ1) is 20.1. The average Bonchev–Trinajstić information content (AvgIpc) is 2.93. The molecule has 1 heterocycles.